The number of hydrogen-bond donors (Lipinski definition) is 1. The van der Waals surface area contributed by atoms with Crippen LogP contribution in [-0.4, -0.2) is 26.4 Å². The number of benzene rings is 3. The second-order valence-corrected chi connectivity index (χ2v) is 8.01. The first-order chi connectivity index (χ1) is 14.9. The van der Waals surface area contributed by atoms with Gasteiger partial charge in [0, 0.05) is 27.6 Å². The summed E-state index contributed by atoms with van der Waals surface area (Å²) in [6.45, 7) is 2.58. The molecule has 0 spiro atoms. The van der Waals surface area contributed by atoms with Crippen molar-refractivity contribution in [2.75, 3.05) is 30.7 Å². The van der Waals surface area contributed by atoms with Crippen LogP contribution in [0.2, 0.25) is 5.02 Å². The van der Waals surface area contributed by atoms with Gasteiger partial charge in [-0.1, -0.05) is 11.6 Å². The quantitative estimate of drug-likeness (QED) is 0.526. The first-order valence-electron chi connectivity index (χ1n) is 9.77. The molecule has 1 heterocycles. The van der Waals surface area contributed by atoms with E-state index < -0.39 is 11.5 Å². The lowest BCUT2D eigenvalue weighted by atomic mass is 9.90. The summed E-state index contributed by atoms with van der Waals surface area (Å²) in [5.41, 5.74) is 3.00. The van der Waals surface area contributed by atoms with Gasteiger partial charge < -0.3 is 19.7 Å². The van der Waals surface area contributed by atoms with Crippen molar-refractivity contribution in [1.82, 2.24) is 0 Å². The normalized spacial score (nSPS) is 18.1. The van der Waals surface area contributed by atoms with Crippen LogP contribution in [0.3, 0.4) is 0 Å². The van der Waals surface area contributed by atoms with Gasteiger partial charge in [-0.25, -0.2) is 9.18 Å². The van der Waals surface area contributed by atoms with Crippen LogP contribution in [0.4, 0.5) is 21.5 Å². The smallest absolute Gasteiger partial charge is 0.337 e. The van der Waals surface area contributed by atoms with Gasteiger partial charge in [0.05, 0.1) is 24.8 Å². The molecular weight excluding hydrogens is 419 g/mol. The highest BCUT2D eigenvalue weighted by atomic mass is 35.5. The fourth-order valence-corrected chi connectivity index (χ4v) is 3.86. The molecule has 1 unspecified atom stereocenters. The monoisotopic (exact) mass is 440 g/mol. The van der Waals surface area contributed by atoms with Crippen LogP contribution in [0, 0.1) is 5.82 Å². The zero-order chi connectivity index (χ0) is 22.0. The van der Waals surface area contributed by atoms with E-state index >= 15 is 0 Å². The number of esters is 1. The number of carbonyl (C=O) groups excluding carboxylic acids is 1. The zero-order valence-electron chi connectivity index (χ0n) is 17.2. The van der Waals surface area contributed by atoms with E-state index in [2.05, 4.69) is 5.32 Å². The maximum Gasteiger partial charge on any atom is 0.337 e. The number of halogens is 2. The van der Waals surface area contributed by atoms with Gasteiger partial charge >= 0.3 is 5.97 Å². The zero-order valence-corrected chi connectivity index (χ0v) is 17.9. The third-order valence-electron chi connectivity index (χ3n) is 5.32. The van der Waals surface area contributed by atoms with Gasteiger partial charge in [0.2, 0.25) is 0 Å². The highest BCUT2D eigenvalue weighted by Gasteiger charge is 2.35. The number of anilines is 3. The van der Waals surface area contributed by atoms with E-state index in [-0.39, 0.29) is 5.82 Å². The number of hydrogen-bond acceptors (Lipinski definition) is 5. The Bertz CT molecular complexity index is 1090. The minimum Gasteiger partial charge on any atom is -0.465 e. The number of carbonyl (C=O) groups is 1. The molecule has 0 saturated heterocycles. The Morgan fingerprint density at radius 3 is 2.52 bits per heavy atom. The minimum atomic E-state index is -0.717. The number of fused-ring (bicyclic) bond motifs is 1. The summed E-state index contributed by atoms with van der Waals surface area (Å²) in [6, 6.07) is 19.1. The van der Waals surface area contributed by atoms with Gasteiger partial charge in [-0.3, -0.25) is 0 Å². The molecule has 5 nitrogen and oxygen atoms in total. The lowest BCUT2D eigenvalue weighted by Crippen LogP contribution is -2.36. The van der Waals surface area contributed by atoms with Crippen LogP contribution >= 0.6 is 11.6 Å². The van der Waals surface area contributed by atoms with Gasteiger partial charge in [0.1, 0.15) is 12.5 Å². The molecule has 0 bridgehead atoms. The number of nitrogens with one attached hydrogen (secondary N) is 1. The predicted octanol–water partition coefficient (Wildman–Crippen LogP) is 5.72. The van der Waals surface area contributed by atoms with E-state index in [1.165, 1.54) is 19.2 Å². The molecule has 0 aromatic heterocycles. The minimum absolute atomic E-state index is 0.304. The van der Waals surface area contributed by atoms with Crippen LogP contribution in [0.25, 0.3) is 0 Å². The van der Waals surface area contributed by atoms with Crippen LogP contribution in [-0.2, 0) is 15.0 Å². The SMILES string of the molecule is COC(=O)c1ccc(NC2(C)COCN(c3ccc(Cl)cc3)c3ccc(F)cc32)cc1. The lowest BCUT2D eigenvalue weighted by Gasteiger charge is -2.32. The van der Waals surface area contributed by atoms with Gasteiger partial charge in [-0.2, -0.15) is 0 Å². The third-order valence-corrected chi connectivity index (χ3v) is 5.57. The molecule has 0 saturated carbocycles. The van der Waals surface area contributed by atoms with Crippen molar-refractivity contribution in [3.8, 4) is 0 Å². The van der Waals surface area contributed by atoms with Gasteiger partial charge in [-0.05, 0) is 73.7 Å². The van der Waals surface area contributed by atoms with E-state index in [0.717, 1.165) is 22.6 Å². The Morgan fingerprint density at radius 1 is 1.13 bits per heavy atom. The number of rotatable bonds is 4. The van der Waals surface area contributed by atoms with Gasteiger partial charge in [-0.15, -0.1) is 0 Å². The second kappa shape index (κ2) is 8.57. The summed E-state index contributed by atoms with van der Waals surface area (Å²) in [4.78, 5) is 13.7. The van der Waals surface area contributed by atoms with Crippen molar-refractivity contribution < 1.29 is 18.7 Å². The summed E-state index contributed by atoms with van der Waals surface area (Å²) in [7, 11) is 1.34. The van der Waals surface area contributed by atoms with Crippen LogP contribution in [0.15, 0.2) is 66.7 Å². The average Bonchev–Trinajstić information content (AvgIpc) is 2.91. The molecule has 0 aliphatic carbocycles. The van der Waals surface area contributed by atoms with Crippen LogP contribution in [0.5, 0.6) is 0 Å². The molecule has 1 N–H and O–H groups in total. The summed E-state index contributed by atoms with van der Waals surface area (Å²) >= 11 is 6.04. The Morgan fingerprint density at radius 2 is 1.84 bits per heavy atom. The van der Waals surface area contributed by atoms with Gasteiger partial charge in [0.25, 0.3) is 0 Å². The van der Waals surface area contributed by atoms with E-state index in [1.54, 1.807) is 30.3 Å². The topological polar surface area (TPSA) is 50.8 Å². The summed E-state index contributed by atoms with van der Waals surface area (Å²) in [5, 5.41) is 4.09. The molecule has 0 fully saturated rings. The van der Waals surface area contributed by atoms with E-state index in [9.17, 15) is 9.18 Å². The molecule has 1 aliphatic rings. The first-order valence-corrected chi connectivity index (χ1v) is 10.1. The Kier molecular flexibility index (Phi) is 5.85. The number of ether oxygens (including phenoxy) is 2. The summed E-state index contributed by atoms with van der Waals surface area (Å²) < 4.78 is 25.1. The molecule has 1 aliphatic heterocycles. The molecule has 1 atom stereocenters. The molecule has 31 heavy (non-hydrogen) atoms. The third kappa shape index (κ3) is 4.36. The fourth-order valence-electron chi connectivity index (χ4n) is 3.74. The fraction of sp³-hybridized carbons (Fsp3) is 0.208. The summed E-state index contributed by atoms with van der Waals surface area (Å²) in [5.74, 6) is -0.729. The van der Waals surface area contributed by atoms with Gasteiger partial charge in [0.15, 0.2) is 0 Å². The Labute approximate surface area is 185 Å². The standard InChI is InChI=1S/C24H22ClFN2O3/c1-24(27-19-8-3-16(4-9-19)23(29)30-2)14-31-15-28(20-10-5-17(25)6-11-20)22-12-7-18(26)13-21(22)24/h3-13,27H,14-15H2,1-2H3. The van der Waals surface area contributed by atoms with E-state index in [4.69, 9.17) is 21.1 Å². The van der Waals surface area contributed by atoms with Crippen molar-refractivity contribution in [3.63, 3.8) is 0 Å². The second-order valence-electron chi connectivity index (χ2n) is 7.57. The number of nitrogens with zero attached hydrogens (tertiary/aromatic N) is 1. The van der Waals surface area contributed by atoms with Crippen molar-refractivity contribution >= 4 is 34.6 Å². The molecule has 3 aromatic rings. The average molecular weight is 441 g/mol. The Hall–Kier alpha value is -3.09. The maximum atomic E-state index is 14.3. The van der Waals surface area contributed by atoms with E-state index in [0.29, 0.717) is 23.9 Å². The molecular formula is C24H22ClFN2O3. The highest BCUT2D eigenvalue weighted by Crippen LogP contribution is 2.40. The van der Waals surface area contributed by atoms with Crippen LogP contribution in [0.1, 0.15) is 22.8 Å². The summed E-state index contributed by atoms with van der Waals surface area (Å²) in [6.07, 6.45) is 0. The molecule has 0 amide bonds. The molecule has 160 valence electrons. The largest absolute Gasteiger partial charge is 0.465 e. The maximum absolute atomic E-state index is 14.3. The lowest BCUT2D eigenvalue weighted by molar-refractivity contribution is 0.0600. The Balaban J connectivity index is 1.71. The molecule has 7 heteroatoms. The van der Waals surface area contributed by atoms with Crippen molar-refractivity contribution in [2.24, 2.45) is 0 Å². The van der Waals surface area contributed by atoms with Crippen molar-refractivity contribution in [2.45, 2.75) is 12.5 Å². The van der Waals surface area contributed by atoms with Crippen molar-refractivity contribution in [3.05, 3.63) is 88.7 Å². The first kappa shape index (κ1) is 21.2. The van der Waals surface area contributed by atoms with Crippen molar-refractivity contribution in [1.29, 1.82) is 0 Å². The number of methoxy groups -OCH3 is 1. The molecule has 0 radical (unpaired) electrons. The molecule has 4 rings (SSSR count). The van der Waals surface area contributed by atoms with Crippen LogP contribution < -0.4 is 10.2 Å². The molecule has 3 aromatic carbocycles. The highest BCUT2D eigenvalue weighted by molar-refractivity contribution is 6.30. The predicted molar refractivity (Wildman–Crippen MR) is 120 cm³/mol. The van der Waals surface area contributed by atoms with E-state index in [1.807, 2.05) is 36.1 Å².